The Morgan fingerprint density at radius 1 is 0.915 bits per heavy atom. The first-order valence-electron chi connectivity index (χ1n) is 16.1. The number of aryl methyl sites for hydroxylation is 2. The van der Waals surface area contributed by atoms with Gasteiger partial charge in [-0.05, 0) is 68.7 Å². The second kappa shape index (κ2) is 13.7. The van der Waals surface area contributed by atoms with E-state index in [9.17, 15) is 14.4 Å². The number of imide groups is 1. The quantitative estimate of drug-likeness (QED) is 0.213. The highest BCUT2D eigenvalue weighted by Gasteiger charge is 2.35. The highest BCUT2D eigenvalue weighted by molar-refractivity contribution is 6.21. The molecule has 0 radical (unpaired) electrons. The molecule has 9 nitrogen and oxygen atoms in total. The maximum absolute atomic E-state index is 14.0. The Balaban J connectivity index is 1.32. The maximum Gasteiger partial charge on any atom is 0.261 e. The third-order valence-electron chi connectivity index (χ3n) is 9.17. The second-order valence-corrected chi connectivity index (χ2v) is 12.3. The molecule has 1 saturated heterocycles. The number of rotatable bonds is 11. The molecule has 2 aliphatic rings. The summed E-state index contributed by atoms with van der Waals surface area (Å²) in [4.78, 5) is 55.1. The lowest BCUT2D eigenvalue weighted by Gasteiger charge is -2.40. The molecule has 9 heteroatoms. The molecule has 4 aromatic rings. The number of pyridine rings is 3. The summed E-state index contributed by atoms with van der Waals surface area (Å²) in [5, 5.41) is 0.608. The number of aromatic nitrogens is 3. The molecule has 3 aromatic heterocycles. The number of carbonyl (C=O) groups excluding carboxylic acids is 2. The van der Waals surface area contributed by atoms with Crippen LogP contribution in [0.2, 0.25) is 0 Å². The van der Waals surface area contributed by atoms with E-state index in [1.807, 2.05) is 73.4 Å². The third kappa shape index (κ3) is 6.57. The number of carbonyl (C=O) groups is 2. The Bertz CT molecular complexity index is 1910. The van der Waals surface area contributed by atoms with Crippen LogP contribution in [0.15, 0.2) is 108 Å². The van der Waals surface area contributed by atoms with Crippen LogP contribution in [-0.4, -0.2) is 61.8 Å². The van der Waals surface area contributed by atoms with E-state index in [-0.39, 0.29) is 41.0 Å². The lowest BCUT2D eigenvalue weighted by molar-refractivity contribution is -0.137. The molecule has 1 fully saturated rings. The molecule has 0 saturated carbocycles. The van der Waals surface area contributed by atoms with E-state index in [1.165, 1.54) is 17.1 Å². The van der Waals surface area contributed by atoms with Crippen LogP contribution in [0.25, 0.3) is 10.9 Å². The Morgan fingerprint density at radius 3 is 2.38 bits per heavy atom. The minimum atomic E-state index is -0.380. The number of amides is 2. The van der Waals surface area contributed by atoms with Crippen LogP contribution in [-0.2, 0) is 29.2 Å². The Labute approximate surface area is 275 Å². The van der Waals surface area contributed by atoms with Gasteiger partial charge in [0.25, 0.3) is 11.8 Å². The SMILES string of the molecule is C=CC1=C(C=C)C(=O)N(CCn2cc(CN(Cc3ccnc(C)c3)C3CCCN(c4ccc(C)nc4)C3)c(=O)c3ccccc32)C1=O. The van der Waals surface area contributed by atoms with Gasteiger partial charge in [-0.25, -0.2) is 0 Å². The van der Waals surface area contributed by atoms with Gasteiger partial charge in [-0.3, -0.25) is 34.2 Å². The molecule has 1 atom stereocenters. The van der Waals surface area contributed by atoms with Crippen molar-refractivity contribution in [2.24, 2.45) is 0 Å². The number of benzene rings is 1. The van der Waals surface area contributed by atoms with Gasteiger partial charge in [0, 0.05) is 80.0 Å². The number of piperidine rings is 1. The van der Waals surface area contributed by atoms with Crippen molar-refractivity contribution >= 4 is 28.4 Å². The van der Waals surface area contributed by atoms with Crippen LogP contribution in [0.1, 0.15) is 35.4 Å². The largest absolute Gasteiger partial charge is 0.369 e. The van der Waals surface area contributed by atoms with Crippen LogP contribution in [0, 0.1) is 13.8 Å². The molecule has 47 heavy (non-hydrogen) atoms. The van der Waals surface area contributed by atoms with Crippen LogP contribution in [0.5, 0.6) is 0 Å². The topological polar surface area (TPSA) is 91.6 Å². The molecule has 5 heterocycles. The maximum atomic E-state index is 14.0. The van der Waals surface area contributed by atoms with Gasteiger partial charge in [-0.1, -0.05) is 37.4 Å². The summed E-state index contributed by atoms with van der Waals surface area (Å²) in [6.07, 6.45) is 10.5. The highest BCUT2D eigenvalue weighted by atomic mass is 16.2. The molecule has 2 amide bonds. The van der Waals surface area contributed by atoms with Crippen LogP contribution in [0.3, 0.4) is 0 Å². The number of fused-ring (bicyclic) bond motifs is 1. The monoisotopic (exact) mass is 628 g/mol. The predicted molar refractivity (Wildman–Crippen MR) is 185 cm³/mol. The van der Waals surface area contributed by atoms with Crippen molar-refractivity contribution < 1.29 is 9.59 Å². The molecule has 0 N–H and O–H groups in total. The lowest BCUT2D eigenvalue weighted by atomic mass is 10.0. The number of anilines is 1. The van der Waals surface area contributed by atoms with E-state index in [1.54, 1.807) is 0 Å². The van der Waals surface area contributed by atoms with E-state index in [4.69, 9.17) is 0 Å². The number of hydrogen-bond donors (Lipinski definition) is 0. The molecule has 1 aromatic carbocycles. The predicted octanol–water partition coefficient (Wildman–Crippen LogP) is 5.12. The summed E-state index contributed by atoms with van der Waals surface area (Å²) < 4.78 is 1.99. The minimum Gasteiger partial charge on any atom is -0.369 e. The fourth-order valence-electron chi connectivity index (χ4n) is 6.73. The fourth-order valence-corrected chi connectivity index (χ4v) is 6.73. The van der Waals surface area contributed by atoms with Gasteiger partial charge in [-0.15, -0.1) is 0 Å². The van der Waals surface area contributed by atoms with Crippen molar-refractivity contribution in [3.63, 3.8) is 0 Å². The fraction of sp³-hybridized carbons (Fsp3) is 0.289. The summed E-state index contributed by atoms with van der Waals surface area (Å²) in [6.45, 7) is 14.8. The average Bonchev–Trinajstić information content (AvgIpc) is 3.32. The first kappa shape index (κ1) is 31.8. The number of para-hydroxylation sites is 1. The van der Waals surface area contributed by atoms with Gasteiger partial charge in [0.05, 0.1) is 28.5 Å². The Kier molecular flexibility index (Phi) is 9.26. The van der Waals surface area contributed by atoms with Gasteiger partial charge in [-0.2, -0.15) is 0 Å². The summed E-state index contributed by atoms with van der Waals surface area (Å²) in [5.74, 6) is -0.759. The lowest BCUT2D eigenvalue weighted by Crippen LogP contribution is -2.48. The highest BCUT2D eigenvalue weighted by Crippen LogP contribution is 2.26. The molecular weight excluding hydrogens is 588 g/mol. The van der Waals surface area contributed by atoms with E-state index in [0.717, 1.165) is 54.1 Å². The molecule has 0 bridgehead atoms. The summed E-state index contributed by atoms with van der Waals surface area (Å²) in [6, 6.07) is 16.0. The zero-order chi connectivity index (χ0) is 33.1. The normalized spacial score (nSPS) is 16.9. The Morgan fingerprint density at radius 2 is 1.68 bits per heavy atom. The molecular formula is C38H40N6O3. The van der Waals surface area contributed by atoms with Crippen LogP contribution >= 0.6 is 0 Å². The molecule has 2 aliphatic heterocycles. The molecule has 0 spiro atoms. The number of nitrogens with zero attached hydrogens (tertiary/aromatic N) is 6. The third-order valence-corrected chi connectivity index (χ3v) is 9.17. The van der Waals surface area contributed by atoms with E-state index >= 15 is 0 Å². The van der Waals surface area contributed by atoms with Crippen molar-refractivity contribution in [3.8, 4) is 0 Å². The Hall–Kier alpha value is -5.15. The van der Waals surface area contributed by atoms with Crippen molar-refractivity contribution in [1.82, 2.24) is 24.3 Å². The van der Waals surface area contributed by atoms with Crippen LogP contribution < -0.4 is 10.3 Å². The van der Waals surface area contributed by atoms with Gasteiger partial charge < -0.3 is 9.47 Å². The van der Waals surface area contributed by atoms with Crippen LogP contribution in [0.4, 0.5) is 5.69 Å². The second-order valence-electron chi connectivity index (χ2n) is 12.3. The first-order chi connectivity index (χ1) is 22.8. The molecule has 1 unspecified atom stereocenters. The molecule has 240 valence electrons. The molecule has 6 rings (SSSR count). The first-order valence-corrected chi connectivity index (χ1v) is 16.1. The van der Waals surface area contributed by atoms with Crippen molar-refractivity contribution in [3.05, 3.63) is 136 Å². The summed E-state index contributed by atoms with van der Waals surface area (Å²) >= 11 is 0. The summed E-state index contributed by atoms with van der Waals surface area (Å²) in [5.41, 5.74) is 6.12. The van der Waals surface area contributed by atoms with Gasteiger partial charge in [0.1, 0.15) is 0 Å². The number of hydrogen-bond acceptors (Lipinski definition) is 7. The molecule has 0 aliphatic carbocycles. The van der Waals surface area contributed by atoms with Gasteiger partial charge in [0.2, 0.25) is 0 Å². The van der Waals surface area contributed by atoms with E-state index in [2.05, 4.69) is 45.1 Å². The van der Waals surface area contributed by atoms with Crippen molar-refractivity contribution in [1.29, 1.82) is 0 Å². The van der Waals surface area contributed by atoms with E-state index < -0.39 is 0 Å². The zero-order valence-electron chi connectivity index (χ0n) is 27.1. The average molecular weight is 629 g/mol. The van der Waals surface area contributed by atoms with Crippen molar-refractivity contribution in [2.45, 2.75) is 52.4 Å². The van der Waals surface area contributed by atoms with Gasteiger partial charge >= 0.3 is 0 Å². The standard InChI is InChI=1S/C38H40N6O3/c1-5-32-33(6-2)38(47)44(37(32)46)19-18-42-23-29(36(45)34-11-7-8-12-35(34)42)24-43(22-28-15-16-39-27(4)20-28)31-10-9-17-41(25-31)30-14-13-26(3)40-21-30/h5-8,11-16,20-21,23,31H,1-2,9-10,17-19,22,24-25H2,3-4H3. The minimum absolute atomic E-state index is 0.0129. The van der Waals surface area contributed by atoms with Gasteiger partial charge in [0.15, 0.2) is 5.43 Å². The summed E-state index contributed by atoms with van der Waals surface area (Å²) in [7, 11) is 0. The zero-order valence-corrected chi connectivity index (χ0v) is 27.1. The smallest absolute Gasteiger partial charge is 0.261 e. The van der Waals surface area contributed by atoms with Crippen molar-refractivity contribution in [2.75, 3.05) is 24.5 Å². The van der Waals surface area contributed by atoms with E-state index in [0.29, 0.717) is 30.6 Å².